The van der Waals surface area contributed by atoms with Crippen molar-refractivity contribution in [1.29, 1.82) is 0 Å². The average Bonchev–Trinajstić information content (AvgIpc) is 3.28. The van der Waals surface area contributed by atoms with E-state index in [2.05, 4.69) is 20.3 Å². The van der Waals surface area contributed by atoms with Gasteiger partial charge in [-0.15, -0.1) is 11.3 Å². The Balaban J connectivity index is 1.62. The first-order valence-electron chi connectivity index (χ1n) is 11.4. The first-order chi connectivity index (χ1) is 16.7. The van der Waals surface area contributed by atoms with Gasteiger partial charge in [0.1, 0.15) is 16.3 Å². The van der Waals surface area contributed by atoms with Gasteiger partial charge in [0.05, 0.1) is 10.8 Å². The van der Waals surface area contributed by atoms with E-state index in [1.807, 2.05) is 33.8 Å². The van der Waals surface area contributed by atoms with Crippen LogP contribution in [0.15, 0.2) is 36.7 Å². The maximum absolute atomic E-state index is 13.0. The molecule has 0 spiro atoms. The smallest absolute Gasteiger partial charge is 0.433 e. The number of aliphatic hydroxyl groups is 1. The fourth-order valence-corrected chi connectivity index (χ4v) is 6.03. The van der Waals surface area contributed by atoms with Crippen molar-refractivity contribution in [3.05, 3.63) is 52.9 Å². The fraction of sp³-hybridized carbons (Fsp3) is 0.440. The molecule has 0 amide bonds. The number of rotatable bonds is 5. The van der Waals surface area contributed by atoms with Crippen LogP contribution in [0.1, 0.15) is 49.9 Å². The average molecular weight is 521 g/mol. The van der Waals surface area contributed by atoms with Crippen LogP contribution in [0.5, 0.6) is 0 Å². The molecule has 3 atom stereocenters. The molecule has 3 unspecified atom stereocenters. The predicted octanol–water partition coefficient (Wildman–Crippen LogP) is 6.02. The Hall–Kier alpha value is -3.05. The highest BCUT2D eigenvalue weighted by Gasteiger charge is 2.54. The second-order valence-electron chi connectivity index (χ2n) is 9.90. The molecule has 2 heterocycles. The Kier molecular flexibility index (Phi) is 6.59. The van der Waals surface area contributed by atoms with Crippen molar-refractivity contribution >= 4 is 28.9 Å². The molecule has 0 radical (unpaired) electrons. The first kappa shape index (κ1) is 26.0. The highest BCUT2D eigenvalue weighted by molar-refractivity contribution is 7.15. The van der Waals surface area contributed by atoms with E-state index >= 15 is 0 Å². The standard InChI is InChI=1S/C25H27F3N4O3S/c1-13-9-15(11-16(10-13)31-22-29-8-6-19(32-22)25(26,27)28)18-12-30-21(36-18)24(35)7-5-17(20(33)34)23(3,4)14(24)2/h6,8-12,14,17,35H,5,7H2,1-4H3,(H,33,34)(H,29,31,32). The molecular weight excluding hydrogens is 493 g/mol. The molecule has 1 saturated carbocycles. The van der Waals surface area contributed by atoms with Gasteiger partial charge in [0.25, 0.3) is 0 Å². The van der Waals surface area contributed by atoms with Gasteiger partial charge < -0.3 is 15.5 Å². The van der Waals surface area contributed by atoms with Crippen LogP contribution in [-0.4, -0.2) is 31.1 Å². The van der Waals surface area contributed by atoms with Crippen molar-refractivity contribution in [2.24, 2.45) is 17.3 Å². The van der Waals surface area contributed by atoms with Gasteiger partial charge in [0.2, 0.25) is 5.95 Å². The molecule has 2 aromatic heterocycles. The van der Waals surface area contributed by atoms with Crippen molar-refractivity contribution in [2.45, 2.75) is 52.3 Å². The summed E-state index contributed by atoms with van der Waals surface area (Å²) in [6.07, 6.45) is -1.25. The van der Waals surface area contributed by atoms with Crippen molar-refractivity contribution in [1.82, 2.24) is 15.0 Å². The van der Waals surface area contributed by atoms with E-state index in [-0.39, 0.29) is 18.3 Å². The van der Waals surface area contributed by atoms with Crippen molar-refractivity contribution in [2.75, 3.05) is 5.32 Å². The van der Waals surface area contributed by atoms with Crippen molar-refractivity contribution < 1.29 is 28.2 Å². The van der Waals surface area contributed by atoms with Crippen LogP contribution in [0, 0.1) is 24.2 Å². The minimum Gasteiger partial charge on any atom is -0.481 e. The Morgan fingerprint density at radius 2 is 1.94 bits per heavy atom. The van der Waals surface area contributed by atoms with Crippen LogP contribution in [-0.2, 0) is 16.6 Å². The monoisotopic (exact) mass is 520 g/mol. The van der Waals surface area contributed by atoms with Crippen LogP contribution in [0.25, 0.3) is 10.4 Å². The summed E-state index contributed by atoms with van der Waals surface area (Å²) in [5.41, 5.74) is -0.821. The lowest BCUT2D eigenvalue weighted by molar-refractivity contribution is -0.165. The molecule has 7 nitrogen and oxygen atoms in total. The number of carbonyl (C=O) groups is 1. The Labute approximate surface area is 210 Å². The number of nitrogens with zero attached hydrogens (tertiary/aromatic N) is 3. The van der Waals surface area contributed by atoms with E-state index in [1.54, 1.807) is 18.3 Å². The largest absolute Gasteiger partial charge is 0.481 e. The number of hydrogen-bond acceptors (Lipinski definition) is 7. The molecule has 36 heavy (non-hydrogen) atoms. The SMILES string of the molecule is Cc1cc(Nc2nccc(C(F)(F)F)n2)cc(-c2cnc(C3(O)CCC(C(=O)O)C(C)(C)C3C)s2)c1. The van der Waals surface area contributed by atoms with Crippen molar-refractivity contribution in [3.63, 3.8) is 0 Å². The van der Waals surface area contributed by atoms with E-state index in [0.29, 0.717) is 17.1 Å². The highest BCUT2D eigenvalue weighted by Crippen LogP contribution is 2.54. The summed E-state index contributed by atoms with van der Waals surface area (Å²) >= 11 is 1.32. The van der Waals surface area contributed by atoms with Crippen LogP contribution < -0.4 is 5.32 Å². The van der Waals surface area contributed by atoms with Gasteiger partial charge in [-0.1, -0.05) is 26.8 Å². The lowest BCUT2D eigenvalue weighted by Crippen LogP contribution is -2.51. The Bertz CT molecular complexity index is 1290. The predicted molar refractivity (Wildman–Crippen MR) is 130 cm³/mol. The summed E-state index contributed by atoms with van der Waals surface area (Å²) in [5.74, 6) is -1.95. The third-order valence-electron chi connectivity index (χ3n) is 7.28. The number of nitrogens with one attached hydrogen (secondary N) is 1. The molecule has 3 N–H and O–H groups in total. The van der Waals surface area contributed by atoms with Crippen molar-refractivity contribution in [3.8, 4) is 10.4 Å². The maximum Gasteiger partial charge on any atom is 0.433 e. The molecule has 0 saturated heterocycles. The maximum atomic E-state index is 13.0. The number of anilines is 2. The van der Waals surface area contributed by atoms with Gasteiger partial charge >= 0.3 is 12.1 Å². The number of halogens is 3. The van der Waals surface area contributed by atoms with Gasteiger partial charge in [-0.2, -0.15) is 13.2 Å². The molecule has 3 aromatic rings. The highest BCUT2D eigenvalue weighted by atomic mass is 32.1. The summed E-state index contributed by atoms with van der Waals surface area (Å²) in [5, 5.41) is 24.6. The van der Waals surface area contributed by atoms with Gasteiger partial charge in [-0.25, -0.2) is 15.0 Å². The lowest BCUT2D eigenvalue weighted by atomic mass is 9.57. The number of alkyl halides is 3. The molecule has 1 fully saturated rings. The second kappa shape index (κ2) is 9.11. The number of carboxylic acids is 1. The number of hydrogen-bond donors (Lipinski definition) is 3. The Morgan fingerprint density at radius 3 is 2.61 bits per heavy atom. The quantitative estimate of drug-likeness (QED) is 0.378. The lowest BCUT2D eigenvalue weighted by Gasteiger charge is -2.50. The Morgan fingerprint density at radius 1 is 1.22 bits per heavy atom. The summed E-state index contributed by atoms with van der Waals surface area (Å²) in [6.45, 7) is 7.45. The normalized spacial score (nSPS) is 23.9. The van der Waals surface area contributed by atoms with E-state index in [1.165, 1.54) is 11.3 Å². The van der Waals surface area contributed by atoms with Gasteiger partial charge in [0, 0.05) is 18.1 Å². The third kappa shape index (κ3) is 4.81. The first-order valence-corrected chi connectivity index (χ1v) is 12.2. The summed E-state index contributed by atoms with van der Waals surface area (Å²) < 4.78 is 39.0. The van der Waals surface area contributed by atoms with Gasteiger partial charge in [0.15, 0.2) is 0 Å². The van der Waals surface area contributed by atoms with E-state index in [4.69, 9.17) is 0 Å². The van der Waals surface area contributed by atoms with E-state index in [9.17, 15) is 28.2 Å². The van der Waals surface area contributed by atoms with Gasteiger partial charge in [-0.05, 0) is 60.4 Å². The molecule has 0 bridgehead atoms. The fourth-order valence-electron chi connectivity index (χ4n) is 4.92. The minimum absolute atomic E-state index is 0.174. The molecule has 1 aromatic carbocycles. The summed E-state index contributed by atoms with van der Waals surface area (Å²) in [6, 6.07) is 6.24. The van der Waals surface area contributed by atoms with Crippen LogP contribution >= 0.6 is 11.3 Å². The number of thiazole rings is 1. The molecule has 192 valence electrons. The van der Waals surface area contributed by atoms with Gasteiger partial charge in [-0.3, -0.25) is 4.79 Å². The second-order valence-corrected chi connectivity index (χ2v) is 10.9. The molecule has 0 aliphatic heterocycles. The molecular formula is C25H27F3N4O3S. The molecule has 4 rings (SSSR count). The summed E-state index contributed by atoms with van der Waals surface area (Å²) in [4.78, 5) is 24.5. The van der Waals surface area contributed by atoms with Crippen LogP contribution in [0.2, 0.25) is 0 Å². The molecule has 1 aliphatic carbocycles. The third-order valence-corrected chi connectivity index (χ3v) is 8.50. The topological polar surface area (TPSA) is 108 Å². The van der Waals surface area contributed by atoms with E-state index in [0.717, 1.165) is 28.3 Å². The van der Waals surface area contributed by atoms with Crippen LogP contribution in [0.4, 0.5) is 24.8 Å². The zero-order valence-corrected chi connectivity index (χ0v) is 21.0. The number of aryl methyl sites for hydroxylation is 1. The molecule has 1 aliphatic rings. The van der Waals surface area contributed by atoms with Crippen LogP contribution in [0.3, 0.4) is 0 Å². The number of aliphatic carboxylic acids is 1. The minimum atomic E-state index is -4.58. The zero-order valence-electron chi connectivity index (χ0n) is 20.2. The number of carboxylic acid groups (broad SMARTS) is 1. The number of benzene rings is 1. The summed E-state index contributed by atoms with van der Waals surface area (Å²) in [7, 11) is 0. The number of aromatic nitrogens is 3. The zero-order chi connectivity index (χ0) is 26.5. The van der Waals surface area contributed by atoms with E-state index < -0.39 is 34.8 Å². The molecule has 11 heteroatoms.